The minimum absolute atomic E-state index is 0.0317. The van der Waals surface area contributed by atoms with Crippen LogP contribution in [0.2, 0.25) is 5.15 Å². The molecule has 0 unspecified atom stereocenters. The van der Waals surface area contributed by atoms with Crippen LogP contribution in [-0.2, 0) is 6.54 Å². The molecule has 5 heteroatoms. The van der Waals surface area contributed by atoms with Crippen molar-refractivity contribution in [3.8, 4) is 0 Å². The normalized spacial score (nSPS) is 11.2. The van der Waals surface area contributed by atoms with Gasteiger partial charge >= 0.3 is 0 Å². The lowest BCUT2D eigenvalue weighted by atomic mass is 10.1. The van der Waals surface area contributed by atoms with E-state index < -0.39 is 11.6 Å². The fourth-order valence-corrected chi connectivity index (χ4v) is 2.82. The molecular formula is C20H16ClFN2O. The molecule has 1 heterocycles. The van der Waals surface area contributed by atoms with Gasteiger partial charge in [-0.3, -0.25) is 4.79 Å². The Kier molecular flexibility index (Phi) is 5.10. The molecule has 0 N–H and O–H groups in total. The van der Waals surface area contributed by atoms with Gasteiger partial charge in [-0.15, -0.1) is 0 Å². The van der Waals surface area contributed by atoms with Gasteiger partial charge in [0.25, 0.3) is 0 Å². The van der Waals surface area contributed by atoms with Crippen LogP contribution in [0.25, 0.3) is 6.08 Å². The predicted molar refractivity (Wildman–Crippen MR) is 97.3 cm³/mol. The summed E-state index contributed by atoms with van der Waals surface area (Å²) in [6.45, 7) is 2.36. The molecule has 0 amide bonds. The van der Waals surface area contributed by atoms with Gasteiger partial charge in [0.05, 0.1) is 17.8 Å². The minimum atomic E-state index is -0.542. The average molecular weight is 355 g/mol. The number of hydrogen-bond acceptors (Lipinski definition) is 2. The van der Waals surface area contributed by atoms with Crippen molar-refractivity contribution in [3.05, 3.63) is 94.0 Å². The topological polar surface area (TPSA) is 34.9 Å². The van der Waals surface area contributed by atoms with Crippen molar-refractivity contribution in [2.45, 2.75) is 13.5 Å². The quantitative estimate of drug-likeness (QED) is 0.481. The van der Waals surface area contributed by atoms with E-state index in [9.17, 15) is 9.18 Å². The highest BCUT2D eigenvalue weighted by Crippen LogP contribution is 2.22. The first-order valence-corrected chi connectivity index (χ1v) is 8.18. The molecule has 126 valence electrons. The van der Waals surface area contributed by atoms with Crippen LogP contribution < -0.4 is 0 Å². The van der Waals surface area contributed by atoms with Crippen molar-refractivity contribution < 1.29 is 9.18 Å². The van der Waals surface area contributed by atoms with E-state index >= 15 is 0 Å². The number of rotatable bonds is 5. The van der Waals surface area contributed by atoms with Gasteiger partial charge in [-0.1, -0.05) is 54.1 Å². The summed E-state index contributed by atoms with van der Waals surface area (Å²) in [7, 11) is 0. The lowest BCUT2D eigenvalue weighted by Crippen LogP contribution is -2.01. The fourth-order valence-electron chi connectivity index (χ4n) is 2.53. The fraction of sp³-hybridized carbons (Fsp3) is 0.100. The molecule has 0 aliphatic rings. The number of hydrogen-bond donors (Lipinski definition) is 0. The smallest absolute Gasteiger partial charge is 0.188 e. The Balaban J connectivity index is 1.83. The summed E-state index contributed by atoms with van der Waals surface area (Å²) in [4.78, 5) is 12.2. The molecule has 0 fully saturated rings. The summed E-state index contributed by atoms with van der Waals surface area (Å²) < 4.78 is 15.4. The molecule has 2 aromatic carbocycles. The average Bonchev–Trinajstić information content (AvgIpc) is 2.87. The van der Waals surface area contributed by atoms with Crippen LogP contribution in [0.1, 0.15) is 27.2 Å². The molecule has 25 heavy (non-hydrogen) atoms. The van der Waals surface area contributed by atoms with Crippen LogP contribution in [0.3, 0.4) is 0 Å². The van der Waals surface area contributed by atoms with E-state index in [-0.39, 0.29) is 5.56 Å². The third kappa shape index (κ3) is 3.86. The summed E-state index contributed by atoms with van der Waals surface area (Å²) in [5.74, 6) is -0.955. The standard InChI is InChI=1S/C20H16ClFN2O/c1-14-16(11-12-19(25)17-9-5-6-10-18(17)22)20(21)24(23-14)13-15-7-3-2-4-8-15/h2-12H,13H2,1H3/b12-11+. The Morgan fingerprint density at radius 1 is 1.16 bits per heavy atom. The first kappa shape index (κ1) is 17.1. The number of aromatic nitrogens is 2. The maximum absolute atomic E-state index is 13.7. The van der Waals surface area contributed by atoms with Crippen LogP contribution in [-0.4, -0.2) is 15.6 Å². The lowest BCUT2D eigenvalue weighted by Gasteiger charge is -2.03. The van der Waals surface area contributed by atoms with Crippen molar-refractivity contribution >= 4 is 23.5 Å². The number of benzene rings is 2. The van der Waals surface area contributed by atoms with E-state index in [4.69, 9.17) is 11.6 Å². The van der Waals surface area contributed by atoms with E-state index in [0.717, 1.165) is 5.56 Å². The lowest BCUT2D eigenvalue weighted by molar-refractivity contribution is 0.104. The van der Waals surface area contributed by atoms with Gasteiger partial charge in [0.2, 0.25) is 0 Å². The molecule has 0 spiro atoms. The Labute approximate surface area is 150 Å². The molecule has 0 bridgehead atoms. The van der Waals surface area contributed by atoms with Crippen LogP contribution in [0.4, 0.5) is 4.39 Å². The second-order valence-corrected chi connectivity index (χ2v) is 5.97. The number of ketones is 1. The van der Waals surface area contributed by atoms with Gasteiger partial charge in [0, 0.05) is 5.56 Å². The highest BCUT2D eigenvalue weighted by Gasteiger charge is 2.13. The first-order valence-electron chi connectivity index (χ1n) is 7.80. The Bertz CT molecular complexity index is 932. The molecule has 3 nitrogen and oxygen atoms in total. The molecule has 0 saturated carbocycles. The number of carbonyl (C=O) groups excluding carboxylic acids is 1. The molecule has 0 saturated heterocycles. The van der Waals surface area contributed by atoms with E-state index in [1.807, 2.05) is 37.3 Å². The van der Waals surface area contributed by atoms with Crippen LogP contribution >= 0.6 is 11.6 Å². The number of carbonyl (C=O) groups is 1. The van der Waals surface area contributed by atoms with Crippen molar-refractivity contribution in [2.24, 2.45) is 0 Å². The number of halogens is 2. The molecule has 0 radical (unpaired) electrons. The molecule has 3 rings (SSSR count). The van der Waals surface area contributed by atoms with Gasteiger partial charge in [-0.05, 0) is 36.8 Å². The van der Waals surface area contributed by atoms with Gasteiger partial charge in [0.15, 0.2) is 5.78 Å². The second kappa shape index (κ2) is 7.45. The van der Waals surface area contributed by atoms with E-state index in [1.165, 1.54) is 18.2 Å². The molecule has 1 aromatic heterocycles. The Morgan fingerprint density at radius 3 is 2.56 bits per heavy atom. The third-order valence-electron chi connectivity index (χ3n) is 3.83. The van der Waals surface area contributed by atoms with Crippen LogP contribution in [0.15, 0.2) is 60.7 Å². The number of allylic oxidation sites excluding steroid dienone is 1. The predicted octanol–water partition coefficient (Wildman–Crippen LogP) is 4.93. The largest absolute Gasteiger partial charge is 0.289 e. The summed E-state index contributed by atoms with van der Waals surface area (Å²) in [5, 5.41) is 4.87. The first-order chi connectivity index (χ1) is 12.1. The minimum Gasteiger partial charge on any atom is -0.289 e. The van der Waals surface area contributed by atoms with Crippen molar-refractivity contribution in [3.63, 3.8) is 0 Å². The molecule has 0 atom stereocenters. The molecular weight excluding hydrogens is 339 g/mol. The SMILES string of the molecule is Cc1nn(Cc2ccccc2)c(Cl)c1/C=C/C(=O)c1ccccc1F. The zero-order valence-electron chi connectivity index (χ0n) is 13.6. The third-order valence-corrected chi connectivity index (χ3v) is 4.22. The zero-order valence-corrected chi connectivity index (χ0v) is 14.4. The monoisotopic (exact) mass is 354 g/mol. The maximum Gasteiger partial charge on any atom is 0.188 e. The molecule has 0 aliphatic heterocycles. The maximum atomic E-state index is 13.7. The highest BCUT2D eigenvalue weighted by atomic mass is 35.5. The van der Waals surface area contributed by atoms with Crippen molar-refractivity contribution in [2.75, 3.05) is 0 Å². The Morgan fingerprint density at radius 2 is 1.84 bits per heavy atom. The number of aryl methyl sites for hydroxylation is 1. The van der Waals surface area contributed by atoms with Crippen molar-refractivity contribution in [1.29, 1.82) is 0 Å². The molecule has 0 aliphatic carbocycles. The van der Waals surface area contributed by atoms with E-state index in [1.54, 1.807) is 22.9 Å². The summed E-state index contributed by atoms with van der Waals surface area (Å²) >= 11 is 6.40. The summed E-state index contributed by atoms with van der Waals surface area (Å²) in [6, 6.07) is 15.7. The second-order valence-electron chi connectivity index (χ2n) is 5.61. The molecule has 3 aromatic rings. The van der Waals surface area contributed by atoms with E-state index in [2.05, 4.69) is 5.10 Å². The highest BCUT2D eigenvalue weighted by molar-refractivity contribution is 6.31. The van der Waals surface area contributed by atoms with Gasteiger partial charge < -0.3 is 0 Å². The van der Waals surface area contributed by atoms with E-state index in [0.29, 0.717) is 23.0 Å². The van der Waals surface area contributed by atoms with Gasteiger partial charge in [-0.2, -0.15) is 5.10 Å². The summed E-state index contributed by atoms with van der Waals surface area (Å²) in [6.07, 6.45) is 2.90. The van der Waals surface area contributed by atoms with Crippen LogP contribution in [0, 0.1) is 12.7 Å². The van der Waals surface area contributed by atoms with Gasteiger partial charge in [0.1, 0.15) is 11.0 Å². The zero-order chi connectivity index (χ0) is 17.8. The Hall–Kier alpha value is -2.72. The summed E-state index contributed by atoms with van der Waals surface area (Å²) in [5.41, 5.74) is 2.47. The van der Waals surface area contributed by atoms with Crippen molar-refractivity contribution in [1.82, 2.24) is 9.78 Å². The van der Waals surface area contributed by atoms with Gasteiger partial charge in [-0.25, -0.2) is 9.07 Å². The number of nitrogens with zero attached hydrogens (tertiary/aromatic N) is 2. The van der Waals surface area contributed by atoms with Crippen LogP contribution in [0.5, 0.6) is 0 Å².